The number of hydrogen-bond acceptors (Lipinski definition) is 1. The van der Waals surface area contributed by atoms with Crippen molar-refractivity contribution in [3.05, 3.63) is 0 Å². The molecule has 0 unspecified atom stereocenters. The zero-order valence-electron chi connectivity index (χ0n) is 5.20. The van der Waals surface area contributed by atoms with E-state index in [1.165, 1.54) is 12.8 Å². The fourth-order valence-electron chi connectivity index (χ4n) is 0.510. The van der Waals surface area contributed by atoms with Gasteiger partial charge in [-0.15, -0.1) is 0 Å². The van der Waals surface area contributed by atoms with Crippen molar-refractivity contribution in [1.82, 2.24) is 0 Å². The molecule has 0 saturated carbocycles. The van der Waals surface area contributed by atoms with Gasteiger partial charge in [-0.05, 0) is 12.8 Å². The van der Waals surface area contributed by atoms with Crippen LogP contribution in [-0.2, 0) is 17.5 Å². The molecule has 0 spiro atoms. The van der Waals surface area contributed by atoms with Gasteiger partial charge in [-0.2, -0.15) is 0 Å². The van der Waals surface area contributed by atoms with E-state index in [9.17, 15) is 0 Å². The van der Waals surface area contributed by atoms with Crippen molar-refractivity contribution in [3.63, 3.8) is 0 Å². The van der Waals surface area contributed by atoms with Gasteiger partial charge >= 0.3 is 49.6 Å². The van der Waals surface area contributed by atoms with Gasteiger partial charge in [0.25, 0.3) is 0 Å². The zero-order valence-corrected chi connectivity index (χ0v) is 10.4. The second-order valence-electron chi connectivity index (χ2n) is 1.70. The summed E-state index contributed by atoms with van der Waals surface area (Å²) in [5, 5.41) is 0. The van der Waals surface area contributed by atoms with Crippen LogP contribution in [0.3, 0.4) is 0 Å². The summed E-state index contributed by atoms with van der Waals surface area (Å²) in [6.07, 6.45) is 2.56. The van der Waals surface area contributed by atoms with E-state index in [1.807, 2.05) is 0 Å². The Morgan fingerprint density at radius 1 is 0.900 bits per heavy atom. The van der Waals surface area contributed by atoms with Gasteiger partial charge in [0, 0.05) is 13.2 Å². The quantitative estimate of drug-likeness (QED) is 0.622. The Hall–Kier alpha value is 1.86. The molecule has 1 aliphatic heterocycles. The Bertz CT molecular complexity index is 66.2. The predicted octanol–water partition coefficient (Wildman–Crippen LogP) is 3.55. The van der Waals surface area contributed by atoms with Crippen molar-refractivity contribution in [1.29, 1.82) is 0 Å². The molecule has 0 aromatic heterocycles. The van der Waals surface area contributed by atoms with Crippen molar-refractivity contribution in [2.45, 2.75) is 12.8 Å². The maximum absolute atomic E-state index is 5.03. The second kappa shape index (κ2) is 6.38. The van der Waals surface area contributed by atoms with E-state index in [2.05, 4.69) is 0 Å². The Morgan fingerprint density at radius 2 is 1.20 bits per heavy atom. The van der Waals surface area contributed by atoms with E-state index in [-0.39, 0.29) is 0 Å². The monoisotopic (exact) mass is 305 g/mol. The van der Waals surface area contributed by atoms with Gasteiger partial charge in [0.15, 0.2) is 0 Å². The first-order valence-electron chi connectivity index (χ1n) is 2.75. The molecule has 0 atom stereocenters. The van der Waals surface area contributed by atoms with E-state index in [0.29, 0.717) is 0 Å². The van der Waals surface area contributed by atoms with Crippen molar-refractivity contribution >= 4 is 36.8 Å². The number of ether oxygens (including phenoxy) is 1. The maximum atomic E-state index is 5.03. The van der Waals surface area contributed by atoms with Crippen LogP contribution >= 0.6 is 36.8 Å². The predicted molar refractivity (Wildman–Crippen MR) is 43.5 cm³/mol. The molecule has 1 saturated heterocycles. The molecular weight excluding hydrogens is 299 g/mol. The van der Waals surface area contributed by atoms with Gasteiger partial charge in [-0.3, -0.25) is 0 Å². The topological polar surface area (TPSA) is 9.23 Å². The molecule has 0 aliphatic carbocycles. The first-order valence-corrected chi connectivity index (χ1v) is 14.1. The molecule has 0 bridgehead atoms. The summed E-state index contributed by atoms with van der Waals surface area (Å²) in [7, 11) is 20.1. The van der Waals surface area contributed by atoms with Crippen molar-refractivity contribution in [2.24, 2.45) is 0 Å². The minimum atomic E-state index is -3.21. The Morgan fingerprint density at radius 3 is 1.30 bits per heavy atom. The molecule has 0 N–H and O–H groups in total. The Balaban J connectivity index is 0.000000162. The third-order valence-electron chi connectivity index (χ3n) is 0.827. The van der Waals surface area contributed by atoms with Crippen LogP contribution in [0.4, 0.5) is 0 Å². The van der Waals surface area contributed by atoms with E-state index >= 15 is 0 Å². The van der Waals surface area contributed by atoms with Crippen LogP contribution < -0.4 is 0 Å². The summed E-state index contributed by atoms with van der Waals surface area (Å²) in [6, 6.07) is 0. The molecule has 63 valence electrons. The van der Waals surface area contributed by atoms with Gasteiger partial charge in [0.05, 0.1) is 0 Å². The number of hydrogen-bond donors (Lipinski definition) is 0. The second-order valence-corrected chi connectivity index (χ2v) is 21.7. The van der Waals surface area contributed by atoms with Crippen LogP contribution in [0.5, 0.6) is 0 Å². The van der Waals surface area contributed by atoms with Crippen molar-refractivity contribution < 1.29 is 17.5 Å². The molecule has 1 aliphatic rings. The van der Waals surface area contributed by atoms with Crippen molar-refractivity contribution in [2.75, 3.05) is 13.2 Å². The number of halogens is 4. The van der Waals surface area contributed by atoms with Gasteiger partial charge in [0.1, 0.15) is 0 Å². The van der Waals surface area contributed by atoms with Gasteiger partial charge < -0.3 is 4.74 Å². The molecule has 6 heteroatoms. The zero-order chi connectivity index (χ0) is 8.04. The first-order chi connectivity index (χ1) is 4.50. The molecule has 0 aromatic rings. The normalized spacial score (nSPS) is 18.0. The Kier molecular flexibility index (Phi) is 7.57. The molecule has 0 aromatic carbocycles. The summed E-state index contributed by atoms with van der Waals surface area (Å²) in [6.45, 7) is 2.00. The van der Waals surface area contributed by atoms with Gasteiger partial charge in [-0.25, -0.2) is 0 Å². The van der Waals surface area contributed by atoms with E-state index < -0.39 is 12.8 Å². The number of rotatable bonds is 0. The first kappa shape index (κ1) is 11.9. The van der Waals surface area contributed by atoms with E-state index in [0.717, 1.165) is 13.2 Å². The van der Waals surface area contributed by atoms with Gasteiger partial charge in [-0.1, -0.05) is 0 Å². The average molecular weight is 307 g/mol. The summed E-state index contributed by atoms with van der Waals surface area (Å²) in [5.41, 5.74) is 0. The molecule has 0 amide bonds. The SMILES string of the molecule is C1CCOC1.[Cl][Nb]([Cl])([Cl])[Cl]. The Labute approximate surface area is 79.7 Å². The molecule has 1 nitrogen and oxygen atoms in total. The molecule has 1 heterocycles. The fraction of sp³-hybridized carbons (Fsp3) is 1.00. The molecule has 0 radical (unpaired) electrons. The molecule has 1 fully saturated rings. The standard InChI is InChI=1S/C4H8O.4ClH.Nb/c1-2-4-5-3-1;;;;;/h1-4H2;4*1H;/q;;;;;+4/p-4. The van der Waals surface area contributed by atoms with Crippen LogP contribution in [0.2, 0.25) is 0 Å². The van der Waals surface area contributed by atoms with Crippen LogP contribution in [0.25, 0.3) is 0 Å². The average Bonchev–Trinajstić information content (AvgIpc) is 2.07. The van der Waals surface area contributed by atoms with Crippen LogP contribution in [-0.4, -0.2) is 13.2 Å². The van der Waals surface area contributed by atoms with E-state index in [4.69, 9.17) is 41.5 Å². The summed E-state index contributed by atoms with van der Waals surface area (Å²) in [4.78, 5) is 0. The third kappa shape index (κ3) is 16.4. The van der Waals surface area contributed by atoms with Gasteiger partial charge in [0.2, 0.25) is 0 Å². The fourth-order valence-corrected chi connectivity index (χ4v) is 0.510. The van der Waals surface area contributed by atoms with Crippen LogP contribution in [0.1, 0.15) is 12.8 Å². The molecule has 1 rings (SSSR count). The van der Waals surface area contributed by atoms with Crippen LogP contribution in [0, 0.1) is 0 Å². The van der Waals surface area contributed by atoms with Crippen molar-refractivity contribution in [3.8, 4) is 0 Å². The third-order valence-corrected chi connectivity index (χ3v) is 0.827. The molecule has 10 heavy (non-hydrogen) atoms. The summed E-state index contributed by atoms with van der Waals surface area (Å²) < 4.78 is 4.94. The van der Waals surface area contributed by atoms with E-state index in [1.54, 1.807) is 0 Å². The minimum absolute atomic E-state index is 1.00. The summed E-state index contributed by atoms with van der Waals surface area (Å²) >= 11 is -3.21. The van der Waals surface area contributed by atoms with Crippen LogP contribution in [0.15, 0.2) is 0 Å². The summed E-state index contributed by atoms with van der Waals surface area (Å²) in [5.74, 6) is 0. The molecular formula is C4H8Cl4NbO.